The number of aromatic nitrogens is 2. The Balaban J connectivity index is 1.18. The minimum absolute atomic E-state index is 0.110. The van der Waals surface area contributed by atoms with E-state index in [1.54, 1.807) is 0 Å². The Bertz CT molecular complexity index is 2660. The number of nitrogens with zero attached hydrogens (tertiary/aromatic N) is 3. The van der Waals surface area contributed by atoms with E-state index in [1.165, 1.54) is 38.6 Å². The highest BCUT2D eigenvalue weighted by Gasteiger charge is 2.37. The number of benzene rings is 7. The average molecular weight is 652 g/mol. The van der Waals surface area contributed by atoms with Crippen molar-refractivity contribution in [3.05, 3.63) is 180 Å². The van der Waals surface area contributed by atoms with E-state index >= 15 is 0 Å². The smallest absolute Gasteiger partial charge is 0.160 e. The van der Waals surface area contributed by atoms with Gasteiger partial charge < -0.3 is 0 Å². The third kappa shape index (κ3) is 5.30. The number of nitriles is 1. The molecular weight excluding hydrogens is 619 g/mol. The highest BCUT2D eigenvalue weighted by Crippen LogP contribution is 2.53. The molecule has 51 heavy (non-hydrogen) atoms. The van der Waals surface area contributed by atoms with E-state index in [2.05, 4.69) is 141 Å². The third-order valence-electron chi connectivity index (χ3n) is 10.3. The fraction of sp³-hybridized carbons (Fsp3) is 0.0625. The number of rotatable bonds is 5. The summed E-state index contributed by atoms with van der Waals surface area (Å²) in [4.78, 5) is 10.3. The molecule has 3 heteroatoms. The molecule has 1 aliphatic carbocycles. The molecule has 7 aromatic carbocycles. The Labute approximate surface area is 298 Å². The topological polar surface area (TPSA) is 49.6 Å². The first-order chi connectivity index (χ1) is 25.0. The van der Waals surface area contributed by atoms with Gasteiger partial charge in [0.25, 0.3) is 0 Å². The lowest BCUT2D eigenvalue weighted by Gasteiger charge is -2.22. The third-order valence-corrected chi connectivity index (χ3v) is 10.3. The second-order valence-electron chi connectivity index (χ2n) is 13.8. The predicted molar refractivity (Wildman–Crippen MR) is 209 cm³/mol. The van der Waals surface area contributed by atoms with Gasteiger partial charge in [0.1, 0.15) is 0 Å². The Hall–Kier alpha value is -6.63. The lowest BCUT2D eigenvalue weighted by atomic mass is 9.81. The first kappa shape index (κ1) is 30.4. The van der Waals surface area contributed by atoms with Crippen LogP contribution in [0.25, 0.3) is 78.1 Å². The molecule has 1 aliphatic rings. The minimum atomic E-state index is -0.110. The van der Waals surface area contributed by atoms with Gasteiger partial charge in [-0.25, -0.2) is 9.97 Å². The monoisotopic (exact) mass is 651 g/mol. The van der Waals surface area contributed by atoms with Crippen molar-refractivity contribution >= 4 is 10.8 Å². The molecule has 0 spiro atoms. The van der Waals surface area contributed by atoms with Crippen LogP contribution in [0.1, 0.15) is 30.5 Å². The maximum absolute atomic E-state index is 9.29. The fourth-order valence-electron chi connectivity index (χ4n) is 7.61. The Morgan fingerprint density at radius 3 is 1.75 bits per heavy atom. The van der Waals surface area contributed by atoms with Crippen molar-refractivity contribution in [3.63, 3.8) is 0 Å². The number of hydrogen-bond acceptors (Lipinski definition) is 3. The second kappa shape index (κ2) is 12.1. The van der Waals surface area contributed by atoms with Crippen molar-refractivity contribution < 1.29 is 0 Å². The Morgan fingerprint density at radius 2 is 1.04 bits per heavy atom. The molecular formula is C48H33N3. The van der Waals surface area contributed by atoms with Crippen LogP contribution in [0.4, 0.5) is 0 Å². The zero-order chi connectivity index (χ0) is 34.5. The quantitative estimate of drug-likeness (QED) is 0.186. The van der Waals surface area contributed by atoms with Gasteiger partial charge in [0.2, 0.25) is 0 Å². The van der Waals surface area contributed by atoms with Crippen LogP contribution >= 0.6 is 0 Å². The molecule has 240 valence electrons. The molecule has 0 radical (unpaired) electrons. The number of fused-ring (bicyclic) bond motifs is 4. The molecule has 0 unspecified atom stereocenters. The molecule has 0 amide bonds. The zero-order valence-corrected chi connectivity index (χ0v) is 28.4. The molecule has 1 aromatic heterocycles. The highest BCUT2D eigenvalue weighted by molar-refractivity contribution is 5.99. The lowest BCUT2D eigenvalue weighted by Crippen LogP contribution is -2.14. The second-order valence-corrected chi connectivity index (χ2v) is 13.8. The van der Waals surface area contributed by atoms with Crippen LogP contribution < -0.4 is 0 Å². The van der Waals surface area contributed by atoms with Crippen molar-refractivity contribution in [2.45, 2.75) is 19.3 Å². The molecule has 3 nitrogen and oxygen atoms in total. The average Bonchev–Trinajstić information content (AvgIpc) is 3.42. The fourth-order valence-corrected chi connectivity index (χ4v) is 7.61. The molecule has 0 aliphatic heterocycles. The van der Waals surface area contributed by atoms with Crippen LogP contribution in [0.15, 0.2) is 164 Å². The van der Waals surface area contributed by atoms with Crippen molar-refractivity contribution in [1.29, 1.82) is 5.26 Å². The Kier molecular flexibility index (Phi) is 7.19. The minimum Gasteiger partial charge on any atom is -0.228 e. The molecule has 8 aromatic rings. The van der Waals surface area contributed by atoms with Gasteiger partial charge in [0.15, 0.2) is 5.82 Å². The highest BCUT2D eigenvalue weighted by atomic mass is 14.9. The van der Waals surface area contributed by atoms with Crippen LogP contribution in [0, 0.1) is 11.3 Å². The number of hydrogen-bond donors (Lipinski definition) is 0. The van der Waals surface area contributed by atoms with Crippen molar-refractivity contribution in [2.24, 2.45) is 0 Å². The molecule has 0 saturated heterocycles. The van der Waals surface area contributed by atoms with Crippen LogP contribution in [0.3, 0.4) is 0 Å². The summed E-state index contributed by atoms with van der Waals surface area (Å²) in [5.74, 6) is 0.681. The van der Waals surface area contributed by atoms with Crippen molar-refractivity contribution in [3.8, 4) is 73.4 Å². The van der Waals surface area contributed by atoms with Crippen molar-refractivity contribution in [2.75, 3.05) is 0 Å². The Morgan fingerprint density at radius 1 is 0.451 bits per heavy atom. The van der Waals surface area contributed by atoms with Gasteiger partial charge in [-0.1, -0.05) is 135 Å². The van der Waals surface area contributed by atoms with E-state index in [4.69, 9.17) is 9.97 Å². The molecule has 9 rings (SSSR count). The molecule has 0 fully saturated rings. The summed E-state index contributed by atoms with van der Waals surface area (Å²) >= 11 is 0. The van der Waals surface area contributed by atoms with E-state index in [1.807, 2.05) is 42.5 Å². The molecule has 0 N–H and O–H groups in total. The van der Waals surface area contributed by atoms with Crippen LogP contribution in [0.5, 0.6) is 0 Å². The molecule has 0 bridgehead atoms. The van der Waals surface area contributed by atoms with E-state index in [0.29, 0.717) is 11.4 Å². The zero-order valence-electron chi connectivity index (χ0n) is 28.4. The van der Waals surface area contributed by atoms with Gasteiger partial charge in [-0.05, 0) is 97.7 Å². The first-order valence-corrected chi connectivity index (χ1v) is 17.3. The summed E-state index contributed by atoms with van der Waals surface area (Å²) in [5, 5.41) is 11.8. The van der Waals surface area contributed by atoms with Gasteiger partial charge >= 0.3 is 0 Å². The van der Waals surface area contributed by atoms with Gasteiger partial charge in [0.05, 0.1) is 23.0 Å². The van der Waals surface area contributed by atoms with Gasteiger partial charge in [-0.15, -0.1) is 0 Å². The van der Waals surface area contributed by atoms with E-state index in [-0.39, 0.29) is 5.41 Å². The van der Waals surface area contributed by atoms with Crippen molar-refractivity contribution in [1.82, 2.24) is 9.97 Å². The van der Waals surface area contributed by atoms with E-state index < -0.39 is 0 Å². The van der Waals surface area contributed by atoms with E-state index in [0.717, 1.165) is 44.8 Å². The molecule has 0 atom stereocenters. The van der Waals surface area contributed by atoms with Gasteiger partial charge in [0, 0.05) is 22.1 Å². The molecule has 0 saturated carbocycles. The predicted octanol–water partition coefficient (Wildman–Crippen LogP) is 12.1. The summed E-state index contributed by atoms with van der Waals surface area (Å²) in [7, 11) is 0. The van der Waals surface area contributed by atoms with Gasteiger partial charge in [-0.2, -0.15) is 5.26 Å². The summed E-state index contributed by atoms with van der Waals surface area (Å²) < 4.78 is 0. The SMILES string of the molecule is CC1(C)c2cc3ccccc3cc2-c2c(-c3cccc(-c4cc(-c5cccc(-c6ccc(C#N)cc6)c5)nc(-c5ccccc5)n4)c3)cccc21. The summed E-state index contributed by atoms with van der Waals surface area (Å²) in [6.07, 6.45) is 0. The van der Waals surface area contributed by atoms with Crippen LogP contribution in [-0.2, 0) is 5.41 Å². The molecule has 1 heterocycles. The summed E-state index contributed by atoms with van der Waals surface area (Å²) in [6.45, 7) is 4.69. The summed E-state index contributed by atoms with van der Waals surface area (Å²) in [6, 6.07) is 59.5. The van der Waals surface area contributed by atoms with Crippen LogP contribution in [0.2, 0.25) is 0 Å². The van der Waals surface area contributed by atoms with Gasteiger partial charge in [-0.3, -0.25) is 0 Å². The standard InChI is InChI=1S/C48H33N3/c1-48(2)42-20-10-19-40(46(42)41-27-35-13-6-7-14-36(35)28-43(41)48)37-16-9-18-39(26-37)45-29-44(50-47(51-45)33-11-4-3-5-12-33)38-17-8-15-34(25-38)32-23-21-31(30-49)22-24-32/h3-29H,1-2H3. The first-order valence-electron chi connectivity index (χ1n) is 17.3. The summed E-state index contributed by atoms with van der Waals surface area (Å²) in [5.41, 5.74) is 15.1. The van der Waals surface area contributed by atoms with Crippen LogP contribution in [-0.4, -0.2) is 9.97 Å². The largest absolute Gasteiger partial charge is 0.228 e. The maximum Gasteiger partial charge on any atom is 0.160 e. The van der Waals surface area contributed by atoms with E-state index in [9.17, 15) is 5.26 Å². The normalized spacial score (nSPS) is 12.6. The maximum atomic E-state index is 9.29. The lowest BCUT2D eigenvalue weighted by molar-refractivity contribution is 0.661.